The van der Waals surface area contributed by atoms with Crippen LogP contribution in [0.5, 0.6) is 0 Å². The van der Waals surface area contributed by atoms with Crippen LogP contribution in [0.4, 0.5) is 4.79 Å². The van der Waals surface area contributed by atoms with Gasteiger partial charge in [0.05, 0.1) is 11.6 Å². The Kier molecular flexibility index (Phi) is 10.1. The highest BCUT2D eigenvalue weighted by atomic mass is 35.5. The van der Waals surface area contributed by atoms with Crippen LogP contribution in [0.2, 0.25) is 5.02 Å². The normalized spacial score (nSPS) is 12.6. The molecule has 0 aliphatic rings. The number of carbonyl (C=O) groups is 3. The number of nitrogens with one attached hydrogen (secondary N) is 3. The molecule has 0 aliphatic carbocycles. The van der Waals surface area contributed by atoms with E-state index in [1.165, 1.54) is 6.07 Å². The first-order chi connectivity index (χ1) is 16.5. The third-order valence-corrected chi connectivity index (χ3v) is 5.10. The highest BCUT2D eigenvalue weighted by Gasteiger charge is 2.26. The second-order valence-corrected chi connectivity index (χ2v) is 9.57. The van der Waals surface area contributed by atoms with Crippen LogP contribution in [-0.4, -0.2) is 35.6 Å². The number of aryl methyl sites for hydroxylation is 1. The molecule has 3 N–H and O–H groups in total. The van der Waals surface area contributed by atoms with Gasteiger partial charge in [0, 0.05) is 11.6 Å². The number of rotatable bonds is 9. The van der Waals surface area contributed by atoms with Crippen LogP contribution >= 0.6 is 11.6 Å². The van der Waals surface area contributed by atoms with Gasteiger partial charge in [0.25, 0.3) is 0 Å². The molecule has 0 saturated heterocycles. The molecule has 0 bridgehead atoms. The maximum absolute atomic E-state index is 13.0. The van der Waals surface area contributed by atoms with Gasteiger partial charge in [0.1, 0.15) is 17.7 Å². The lowest BCUT2D eigenvalue weighted by Gasteiger charge is -2.24. The standard InChI is InChI=1S/C26H31ClN4O4/c1-17(23(32)29-16-20-12-19(15-28)13-21(27)14-20)30-24(33)22(31-25(34)35-26(2,3)4)11-10-18-8-6-5-7-9-18/h5-9,12-14,17,22H,10-11,16H2,1-4H3,(H,29,32)(H,30,33)(H,31,34)/t17-,22+/m0/s1. The third kappa shape index (κ3) is 10.1. The number of ether oxygens (including phenoxy) is 1. The first-order valence-corrected chi connectivity index (χ1v) is 11.7. The molecule has 186 valence electrons. The molecule has 2 atom stereocenters. The Morgan fingerprint density at radius 2 is 1.71 bits per heavy atom. The minimum Gasteiger partial charge on any atom is -0.444 e. The second kappa shape index (κ2) is 12.8. The van der Waals surface area contributed by atoms with Gasteiger partial charge in [-0.05, 0) is 69.9 Å². The zero-order valence-corrected chi connectivity index (χ0v) is 21.1. The van der Waals surface area contributed by atoms with E-state index in [4.69, 9.17) is 21.6 Å². The number of benzene rings is 2. The third-order valence-electron chi connectivity index (χ3n) is 4.88. The van der Waals surface area contributed by atoms with Crippen molar-refractivity contribution in [2.45, 2.75) is 64.8 Å². The average Bonchev–Trinajstić information content (AvgIpc) is 2.79. The molecule has 0 unspecified atom stereocenters. The topological polar surface area (TPSA) is 120 Å². The van der Waals surface area contributed by atoms with Gasteiger partial charge in [-0.1, -0.05) is 41.9 Å². The summed E-state index contributed by atoms with van der Waals surface area (Å²) in [6.07, 6.45) is 0.158. The molecule has 3 amide bonds. The summed E-state index contributed by atoms with van der Waals surface area (Å²) in [5.74, 6) is -0.917. The van der Waals surface area contributed by atoms with Crippen LogP contribution < -0.4 is 16.0 Å². The molecule has 0 radical (unpaired) electrons. The molecule has 8 nitrogen and oxygen atoms in total. The Balaban J connectivity index is 2.00. The van der Waals surface area contributed by atoms with E-state index in [9.17, 15) is 14.4 Å². The summed E-state index contributed by atoms with van der Waals surface area (Å²) >= 11 is 6.00. The smallest absolute Gasteiger partial charge is 0.408 e. The van der Waals surface area contributed by atoms with Crippen molar-refractivity contribution >= 4 is 29.5 Å². The molecule has 35 heavy (non-hydrogen) atoms. The number of nitrogens with zero attached hydrogens (tertiary/aromatic N) is 1. The Bertz CT molecular complexity index is 1080. The van der Waals surface area contributed by atoms with Crippen molar-refractivity contribution < 1.29 is 19.1 Å². The maximum Gasteiger partial charge on any atom is 0.408 e. The van der Waals surface area contributed by atoms with Crippen molar-refractivity contribution in [3.05, 3.63) is 70.2 Å². The van der Waals surface area contributed by atoms with Crippen LogP contribution in [0.15, 0.2) is 48.5 Å². The van der Waals surface area contributed by atoms with Gasteiger partial charge in [-0.15, -0.1) is 0 Å². The number of alkyl carbamates (subject to hydrolysis) is 1. The molecule has 2 rings (SSSR count). The molecule has 2 aromatic carbocycles. The molecular weight excluding hydrogens is 468 g/mol. The van der Waals surface area contributed by atoms with E-state index < -0.39 is 35.6 Å². The number of nitriles is 1. The predicted molar refractivity (Wildman–Crippen MR) is 134 cm³/mol. The van der Waals surface area contributed by atoms with Crippen molar-refractivity contribution in [2.75, 3.05) is 0 Å². The van der Waals surface area contributed by atoms with Crippen molar-refractivity contribution in [1.82, 2.24) is 16.0 Å². The molecule has 0 aliphatic heterocycles. The summed E-state index contributed by atoms with van der Waals surface area (Å²) in [6.45, 7) is 6.89. The van der Waals surface area contributed by atoms with Gasteiger partial charge in [-0.3, -0.25) is 9.59 Å². The van der Waals surface area contributed by atoms with Gasteiger partial charge in [-0.2, -0.15) is 5.26 Å². The highest BCUT2D eigenvalue weighted by molar-refractivity contribution is 6.30. The largest absolute Gasteiger partial charge is 0.444 e. The van der Waals surface area contributed by atoms with Crippen molar-refractivity contribution in [3.8, 4) is 6.07 Å². The molecule has 0 spiro atoms. The summed E-state index contributed by atoms with van der Waals surface area (Å²) in [6, 6.07) is 14.6. The quantitative estimate of drug-likeness (QED) is 0.485. The molecule has 0 saturated carbocycles. The minimum absolute atomic E-state index is 0.141. The van der Waals surface area contributed by atoms with E-state index in [2.05, 4.69) is 16.0 Å². The molecule has 0 aromatic heterocycles. The molecule has 9 heteroatoms. The Morgan fingerprint density at radius 3 is 2.34 bits per heavy atom. The summed E-state index contributed by atoms with van der Waals surface area (Å²) in [5, 5.41) is 17.4. The van der Waals surface area contributed by atoms with E-state index in [1.54, 1.807) is 39.8 Å². The average molecular weight is 499 g/mol. The van der Waals surface area contributed by atoms with Crippen LogP contribution in [0, 0.1) is 11.3 Å². The van der Waals surface area contributed by atoms with Gasteiger partial charge in [0.15, 0.2) is 0 Å². The van der Waals surface area contributed by atoms with Crippen LogP contribution in [-0.2, 0) is 27.3 Å². The Morgan fingerprint density at radius 1 is 1.03 bits per heavy atom. The summed E-state index contributed by atoms with van der Waals surface area (Å²) in [4.78, 5) is 37.9. The number of halogens is 1. The minimum atomic E-state index is -0.897. The highest BCUT2D eigenvalue weighted by Crippen LogP contribution is 2.14. The monoisotopic (exact) mass is 498 g/mol. The van der Waals surface area contributed by atoms with Crippen LogP contribution in [0.3, 0.4) is 0 Å². The molecular formula is C26H31ClN4O4. The Labute approximate surface area is 211 Å². The number of hydrogen-bond donors (Lipinski definition) is 3. The van der Waals surface area contributed by atoms with Crippen LogP contribution in [0.1, 0.15) is 50.8 Å². The lowest BCUT2D eigenvalue weighted by molar-refractivity contribution is -0.129. The van der Waals surface area contributed by atoms with E-state index in [1.807, 2.05) is 36.4 Å². The van der Waals surface area contributed by atoms with Crippen molar-refractivity contribution in [2.24, 2.45) is 0 Å². The van der Waals surface area contributed by atoms with Gasteiger partial charge in [0.2, 0.25) is 11.8 Å². The molecule has 0 heterocycles. The number of carbonyl (C=O) groups excluding carboxylic acids is 3. The predicted octanol–water partition coefficient (Wildman–Crippen LogP) is 3.86. The molecule has 2 aromatic rings. The fraction of sp³-hybridized carbons (Fsp3) is 0.385. The van der Waals surface area contributed by atoms with Gasteiger partial charge >= 0.3 is 6.09 Å². The van der Waals surface area contributed by atoms with E-state index in [0.29, 0.717) is 29.0 Å². The van der Waals surface area contributed by atoms with E-state index >= 15 is 0 Å². The van der Waals surface area contributed by atoms with Gasteiger partial charge in [-0.25, -0.2) is 4.79 Å². The Hall–Kier alpha value is -3.57. The van der Waals surface area contributed by atoms with Crippen LogP contribution in [0.25, 0.3) is 0 Å². The zero-order chi connectivity index (χ0) is 26.0. The first-order valence-electron chi connectivity index (χ1n) is 11.3. The fourth-order valence-corrected chi connectivity index (χ4v) is 3.47. The van der Waals surface area contributed by atoms with E-state index in [-0.39, 0.29) is 6.54 Å². The molecule has 0 fully saturated rings. The van der Waals surface area contributed by atoms with E-state index in [0.717, 1.165) is 5.56 Å². The summed E-state index contributed by atoms with van der Waals surface area (Å²) in [7, 11) is 0. The maximum atomic E-state index is 13.0. The lowest BCUT2D eigenvalue weighted by atomic mass is 10.0. The van der Waals surface area contributed by atoms with Crippen molar-refractivity contribution in [3.63, 3.8) is 0 Å². The number of amides is 3. The van der Waals surface area contributed by atoms with Crippen molar-refractivity contribution in [1.29, 1.82) is 5.26 Å². The fourth-order valence-electron chi connectivity index (χ4n) is 3.21. The summed E-state index contributed by atoms with van der Waals surface area (Å²) < 4.78 is 5.30. The summed E-state index contributed by atoms with van der Waals surface area (Å²) in [5.41, 5.74) is 1.34. The number of hydrogen-bond acceptors (Lipinski definition) is 5. The SMILES string of the molecule is C[C@H](NC(=O)[C@@H](CCc1ccccc1)NC(=O)OC(C)(C)C)C(=O)NCc1cc(Cl)cc(C#N)c1. The first kappa shape index (κ1) is 27.7. The zero-order valence-electron chi connectivity index (χ0n) is 20.4. The lowest BCUT2D eigenvalue weighted by Crippen LogP contribution is -2.53. The van der Waals surface area contributed by atoms with Gasteiger partial charge < -0.3 is 20.7 Å². The second-order valence-electron chi connectivity index (χ2n) is 9.13.